The fourth-order valence-corrected chi connectivity index (χ4v) is 1.82. The Balaban J connectivity index is 3.56. The zero-order chi connectivity index (χ0) is 10.1. The van der Waals surface area contributed by atoms with Gasteiger partial charge < -0.3 is 0 Å². The largest absolute Gasteiger partial charge is 0.271 e. The monoisotopic (exact) mass is 186 g/mol. The molecule has 13 heavy (non-hydrogen) atoms. The third-order valence-electron chi connectivity index (χ3n) is 2.61. The Morgan fingerprint density at radius 2 is 1.85 bits per heavy atom. The van der Waals surface area contributed by atoms with Gasteiger partial charge in [-0.3, -0.25) is 11.3 Å². The van der Waals surface area contributed by atoms with E-state index in [2.05, 4.69) is 26.2 Å². The Morgan fingerprint density at radius 1 is 1.15 bits per heavy atom. The topological polar surface area (TPSA) is 38.0 Å². The van der Waals surface area contributed by atoms with E-state index >= 15 is 0 Å². The standard InChI is InChI=1S/C11H26N2/c1-4-6-8-11(13-12)9-10(3)7-5-2/h10-11,13H,4-9,12H2,1-3H3. The Bertz CT molecular complexity index is 104. The highest BCUT2D eigenvalue weighted by molar-refractivity contribution is 4.67. The summed E-state index contributed by atoms with van der Waals surface area (Å²) < 4.78 is 0. The van der Waals surface area contributed by atoms with Crippen LogP contribution >= 0.6 is 0 Å². The minimum atomic E-state index is 0.529. The van der Waals surface area contributed by atoms with E-state index in [-0.39, 0.29) is 0 Å². The van der Waals surface area contributed by atoms with E-state index in [1.165, 1.54) is 38.5 Å². The Morgan fingerprint density at radius 3 is 2.31 bits per heavy atom. The molecule has 0 heterocycles. The van der Waals surface area contributed by atoms with Crippen molar-refractivity contribution in [2.75, 3.05) is 0 Å². The normalized spacial score (nSPS) is 15.7. The van der Waals surface area contributed by atoms with Crippen LogP contribution in [0.4, 0.5) is 0 Å². The van der Waals surface area contributed by atoms with Gasteiger partial charge in [0.15, 0.2) is 0 Å². The molecule has 0 aromatic rings. The quantitative estimate of drug-likeness (QED) is 0.452. The van der Waals surface area contributed by atoms with Gasteiger partial charge in [-0.2, -0.15) is 0 Å². The van der Waals surface area contributed by atoms with Crippen LogP contribution in [0.1, 0.15) is 59.3 Å². The summed E-state index contributed by atoms with van der Waals surface area (Å²) in [7, 11) is 0. The van der Waals surface area contributed by atoms with Crippen molar-refractivity contribution in [2.24, 2.45) is 11.8 Å². The van der Waals surface area contributed by atoms with Gasteiger partial charge in [0.1, 0.15) is 0 Å². The van der Waals surface area contributed by atoms with E-state index in [0.717, 1.165) is 5.92 Å². The summed E-state index contributed by atoms with van der Waals surface area (Å²) in [5.74, 6) is 6.32. The smallest absolute Gasteiger partial charge is 0.0213 e. The second-order valence-electron chi connectivity index (χ2n) is 4.14. The van der Waals surface area contributed by atoms with Gasteiger partial charge in [0.25, 0.3) is 0 Å². The number of rotatable bonds is 8. The van der Waals surface area contributed by atoms with Crippen LogP contribution in [0.2, 0.25) is 0 Å². The molecule has 0 bridgehead atoms. The third-order valence-corrected chi connectivity index (χ3v) is 2.61. The van der Waals surface area contributed by atoms with Crippen LogP contribution in [0.25, 0.3) is 0 Å². The minimum absolute atomic E-state index is 0.529. The highest BCUT2D eigenvalue weighted by Gasteiger charge is 2.10. The molecule has 0 aliphatic rings. The highest BCUT2D eigenvalue weighted by Crippen LogP contribution is 2.15. The summed E-state index contributed by atoms with van der Waals surface area (Å²) in [6, 6.07) is 0.529. The molecule has 0 amide bonds. The van der Waals surface area contributed by atoms with Crippen LogP contribution in [0, 0.1) is 5.92 Å². The molecule has 0 spiro atoms. The Hall–Kier alpha value is -0.0800. The maximum atomic E-state index is 5.51. The van der Waals surface area contributed by atoms with Crippen molar-refractivity contribution < 1.29 is 0 Å². The molecule has 0 aromatic heterocycles. The molecule has 0 radical (unpaired) electrons. The first-order valence-electron chi connectivity index (χ1n) is 5.70. The number of unbranched alkanes of at least 4 members (excludes halogenated alkanes) is 1. The van der Waals surface area contributed by atoms with Crippen LogP contribution in [0.3, 0.4) is 0 Å². The van der Waals surface area contributed by atoms with Crippen molar-refractivity contribution in [1.82, 2.24) is 5.43 Å². The van der Waals surface area contributed by atoms with E-state index in [4.69, 9.17) is 5.84 Å². The van der Waals surface area contributed by atoms with Gasteiger partial charge in [-0.05, 0) is 18.8 Å². The van der Waals surface area contributed by atoms with E-state index in [1.807, 2.05) is 0 Å². The molecule has 2 heteroatoms. The van der Waals surface area contributed by atoms with Gasteiger partial charge >= 0.3 is 0 Å². The van der Waals surface area contributed by atoms with E-state index < -0.39 is 0 Å². The summed E-state index contributed by atoms with van der Waals surface area (Å²) in [5.41, 5.74) is 2.93. The lowest BCUT2D eigenvalue weighted by Gasteiger charge is -2.19. The van der Waals surface area contributed by atoms with Crippen LogP contribution in [0.5, 0.6) is 0 Å². The molecule has 0 aliphatic heterocycles. The van der Waals surface area contributed by atoms with Gasteiger partial charge in [0, 0.05) is 6.04 Å². The van der Waals surface area contributed by atoms with Gasteiger partial charge in [-0.1, -0.05) is 46.5 Å². The van der Waals surface area contributed by atoms with Crippen molar-refractivity contribution >= 4 is 0 Å². The van der Waals surface area contributed by atoms with Gasteiger partial charge in [0.05, 0.1) is 0 Å². The lowest BCUT2D eigenvalue weighted by Crippen LogP contribution is -2.36. The maximum Gasteiger partial charge on any atom is 0.0213 e. The average Bonchev–Trinajstić information content (AvgIpc) is 2.12. The zero-order valence-electron chi connectivity index (χ0n) is 9.47. The zero-order valence-corrected chi connectivity index (χ0v) is 9.47. The number of hydrogen-bond acceptors (Lipinski definition) is 2. The van der Waals surface area contributed by atoms with Crippen LogP contribution in [-0.2, 0) is 0 Å². The summed E-state index contributed by atoms with van der Waals surface area (Å²) in [5, 5.41) is 0. The Labute approximate surface area is 83.2 Å². The van der Waals surface area contributed by atoms with Crippen molar-refractivity contribution in [2.45, 2.75) is 65.3 Å². The lowest BCUT2D eigenvalue weighted by atomic mass is 9.95. The minimum Gasteiger partial charge on any atom is -0.271 e. The molecule has 0 saturated carbocycles. The van der Waals surface area contributed by atoms with Gasteiger partial charge in [0.2, 0.25) is 0 Å². The molecular formula is C11H26N2. The number of nitrogens with two attached hydrogens (primary N) is 1. The molecule has 2 atom stereocenters. The summed E-state index contributed by atoms with van der Waals surface area (Å²) in [4.78, 5) is 0. The summed E-state index contributed by atoms with van der Waals surface area (Å²) in [6.45, 7) is 6.79. The molecule has 0 aliphatic carbocycles. The first-order valence-corrected chi connectivity index (χ1v) is 5.70. The number of hydrogen-bond donors (Lipinski definition) is 2. The van der Waals surface area contributed by atoms with Crippen molar-refractivity contribution in [3.8, 4) is 0 Å². The van der Waals surface area contributed by atoms with Crippen molar-refractivity contribution in [3.05, 3.63) is 0 Å². The molecular weight excluding hydrogens is 160 g/mol. The number of nitrogens with one attached hydrogen (secondary N) is 1. The average molecular weight is 186 g/mol. The van der Waals surface area contributed by atoms with Crippen LogP contribution in [-0.4, -0.2) is 6.04 Å². The van der Waals surface area contributed by atoms with E-state index in [1.54, 1.807) is 0 Å². The molecule has 0 aromatic carbocycles. The highest BCUT2D eigenvalue weighted by atomic mass is 15.2. The molecule has 80 valence electrons. The fraction of sp³-hybridized carbons (Fsp3) is 1.00. The van der Waals surface area contributed by atoms with Crippen molar-refractivity contribution in [3.63, 3.8) is 0 Å². The predicted octanol–water partition coefficient (Wildman–Crippen LogP) is 2.83. The summed E-state index contributed by atoms with van der Waals surface area (Å²) in [6.07, 6.45) is 7.61. The SMILES string of the molecule is CCCCC(CC(C)CCC)NN. The maximum absolute atomic E-state index is 5.51. The molecule has 2 nitrogen and oxygen atoms in total. The second-order valence-corrected chi connectivity index (χ2v) is 4.14. The van der Waals surface area contributed by atoms with Crippen LogP contribution in [0.15, 0.2) is 0 Å². The molecule has 3 N–H and O–H groups in total. The Kier molecular flexibility index (Phi) is 8.46. The van der Waals surface area contributed by atoms with Crippen LogP contribution < -0.4 is 11.3 Å². The molecule has 0 rings (SSSR count). The third kappa shape index (κ3) is 7.03. The van der Waals surface area contributed by atoms with E-state index in [9.17, 15) is 0 Å². The molecule has 0 saturated heterocycles. The molecule has 2 unspecified atom stereocenters. The second kappa shape index (κ2) is 8.52. The first kappa shape index (κ1) is 12.9. The fourth-order valence-electron chi connectivity index (χ4n) is 1.82. The van der Waals surface area contributed by atoms with Crippen molar-refractivity contribution in [1.29, 1.82) is 0 Å². The lowest BCUT2D eigenvalue weighted by molar-refractivity contribution is 0.365. The first-order chi connectivity index (χ1) is 6.24. The molecule has 0 fully saturated rings. The number of hydrazine groups is 1. The predicted molar refractivity (Wildman–Crippen MR) is 59.3 cm³/mol. The van der Waals surface area contributed by atoms with Gasteiger partial charge in [-0.15, -0.1) is 0 Å². The van der Waals surface area contributed by atoms with Gasteiger partial charge in [-0.25, -0.2) is 0 Å². The van der Waals surface area contributed by atoms with E-state index in [0.29, 0.717) is 6.04 Å². The summed E-state index contributed by atoms with van der Waals surface area (Å²) >= 11 is 0.